The van der Waals surface area contributed by atoms with Gasteiger partial charge in [-0.25, -0.2) is 0 Å². The number of hydrogen-bond donors (Lipinski definition) is 1. The minimum Gasteiger partial charge on any atom is -0.329 e. The van der Waals surface area contributed by atoms with E-state index in [4.69, 9.17) is 0 Å². The minimum absolute atomic E-state index is 0. The number of halogens is 2. The Morgan fingerprint density at radius 3 is 2.78 bits per heavy atom. The van der Waals surface area contributed by atoms with Gasteiger partial charge < -0.3 is 10.2 Å². The first-order chi connectivity index (χ1) is 12.1. The number of fused-ring (bicyclic) bond motifs is 1. The number of nitrogens with zero attached hydrogens (tertiary/aromatic N) is 4. The summed E-state index contributed by atoms with van der Waals surface area (Å²) in [5, 5.41) is 8.63. The lowest BCUT2D eigenvalue weighted by Crippen LogP contribution is -2.48. The molecule has 0 spiro atoms. The number of piperazine rings is 1. The molecule has 27 heavy (non-hydrogen) atoms. The van der Waals surface area contributed by atoms with Gasteiger partial charge in [0.1, 0.15) is 0 Å². The molecule has 4 rings (SSSR count). The predicted molar refractivity (Wildman–Crippen MR) is 111 cm³/mol. The summed E-state index contributed by atoms with van der Waals surface area (Å²) in [5.41, 5.74) is 3.40. The van der Waals surface area contributed by atoms with Crippen LogP contribution in [0.3, 0.4) is 0 Å². The normalized spacial score (nSPS) is 16.5. The topological polar surface area (TPSA) is 63.1 Å². The van der Waals surface area contributed by atoms with Gasteiger partial charge in [0.2, 0.25) is 0 Å². The van der Waals surface area contributed by atoms with Crippen LogP contribution < -0.4 is 5.32 Å². The van der Waals surface area contributed by atoms with Crippen LogP contribution in [0.4, 0.5) is 0 Å². The highest BCUT2D eigenvalue weighted by atomic mass is 35.5. The van der Waals surface area contributed by atoms with Crippen molar-refractivity contribution in [2.24, 2.45) is 7.05 Å². The molecule has 2 aromatic heterocycles. The Balaban J connectivity index is 0.00000131. The molecule has 0 radical (unpaired) electrons. The van der Waals surface area contributed by atoms with Crippen LogP contribution in [-0.4, -0.2) is 45.2 Å². The number of nitrogens with one attached hydrogen (secondary N) is 1. The van der Waals surface area contributed by atoms with E-state index in [9.17, 15) is 4.79 Å². The van der Waals surface area contributed by atoms with Crippen LogP contribution in [0.2, 0.25) is 0 Å². The Morgan fingerprint density at radius 1 is 1.22 bits per heavy atom. The van der Waals surface area contributed by atoms with Crippen molar-refractivity contribution >= 4 is 41.6 Å². The van der Waals surface area contributed by atoms with Crippen molar-refractivity contribution < 1.29 is 4.79 Å². The molecule has 1 fully saturated rings. The highest BCUT2D eigenvalue weighted by Gasteiger charge is 2.30. The number of benzene rings is 1. The molecule has 1 saturated heterocycles. The van der Waals surface area contributed by atoms with E-state index in [-0.39, 0.29) is 36.8 Å². The van der Waals surface area contributed by atoms with Gasteiger partial charge >= 0.3 is 0 Å². The fourth-order valence-electron chi connectivity index (χ4n) is 3.43. The van der Waals surface area contributed by atoms with Crippen molar-refractivity contribution in [3.05, 3.63) is 59.5 Å². The number of hydrogen-bond acceptors (Lipinski definition) is 4. The summed E-state index contributed by atoms with van der Waals surface area (Å²) in [6, 6.07) is 9.77. The molecule has 3 aromatic rings. The molecule has 1 amide bonds. The number of carbonyl (C=O) groups excluding carboxylic acids is 1. The number of carbonyl (C=O) groups is 1. The summed E-state index contributed by atoms with van der Waals surface area (Å²) in [4.78, 5) is 19.9. The third-order valence-electron chi connectivity index (χ3n) is 4.70. The number of aryl methyl sites for hydroxylation is 2. The Kier molecular flexibility index (Phi) is 6.81. The Hall–Kier alpha value is -2.15. The number of para-hydroxylation sites is 1. The van der Waals surface area contributed by atoms with Gasteiger partial charge in [0.05, 0.1) is 23.3 Å². The molecule has 1 N–H and O–H groups in total. The molecule has 1 aromatic carbocycles. The van der Waals surface area contributed by atoms with Gasteiger partial charge in [-0.2, -0.15) is 5.10 Å². The van der Waals surface area contributed by atoms with Gasteiger partial charge in [0.15, 0.2) is 0 Å². The van der Waals surface area contributed by atoms with Crippen LogP contribution in [0.25, 0.3) is 10.9 Å². The summed E-state index contributed by atoms with van der Waals surface area (Å²) in [6.45, 7) is 4.14. The summed E-state index contributed by atoms with van der Waals surface area (Å²) in [5.74, 6) is 0.0269. The van der Waals surface area contributed by atoms with Crippen molar-refractivity contribution in [1.29, 1.82) is 0 Å². The van der Waals surface area contributed by atoms with Crippen molar-refractivity contribution in [1.82, 2.24) is 25.0 Å². The molecular formula is C19H23Cl2N5O. The van der Waals surface area contributed by atoms with E-state index >= 15 is 0 Å². The number of pyridine rings is 1. The molecule has 3 heterocycles. The first-order valence-corrected chi connectivity index (χ1v) is 8.50. The van der Waals surface area contributed by atoms with E-state index in [0.29, 0.717) is 12.1 Å². The molecule has 1 unspecified atom stereocenters. The van der Waals surface area contributed by atoms with Crippen molar-refractivity contribution in [3.63, 3.8) is 0 Å². The van der Waals surface area contributed by atoms with Gasteiger partial charge in [-0.15, -0.1) is 24.8 Å². The van der Waals surface area contributed by atoms with E-state index in [1.54, 1.807) is 4.68 Å². The van der Waals surface area contributed by atoms with E-state index in [0.717, 1.165) is 35.2 Å². The van der Waals surface area contributed by atoms with Gasteiger partial charge in [-0.1, -0.05) is 18.2 Å². The van der Waals surface area contributed by atoms with Crippen LogP contribution in [0, 0.1) is 6.92 Å². The second-order valence-corrected chi connectivity index (χ2v) is 6.50. The third-order valence-corrected chi connectivity index (χ3v) is 4.70. The molecule has 6 nitrogen and oxygen atoms in total. The highest BCUT2D eigenvalue weighted by Crippen LogP contribution is 2.26. The zero-order valence-electron chi connectivity index (χ0n) is 15.3. The zero-order valence-corrected chi connectivity index (χ0v) is 16.9. The maximum absolute atomic E-state index is 13.3. The van der Waals surface area contributed by atoms with E-state index < -0.39 is 0 Å². The monoisotopic (exact) mass is 407 g/mol. The quantitative estimate of drug-likeness (QED) is 0.709. The minimum atomic E-state index is -0.0185. The summed E-state index contributed by atoms with van der Waals surface area (Å²) >= 11 is 0. The molecule has 8 heteroatoms. The number of aromatic nitrogens is 3. The van der Waals surface area contributed by atoms with Crippen LogP contribution in [0.15, 0.2) is 42.7 Å². The first kappa shape index (κ1) is 21.2. The van der Waals surface area contributed by atoms with Crippen LogP contribution in [0.5, 0.6) is 0 Å². The molecule has 1 aliphatic rings. The summed E-state index contributed by atoms with van der Waals surface area (Å²) in [7, 11) is 1.89. The summed E-state index contributed by atoms with van der Waals surface area (Å²) in [6.07, 6.45) is 3.81. The van der Waals surface area contributed by atoms with Crippen LogP contribution >= 0.6 is 24.8 Å². The molecule has 144 valence electrons. The smallest absolute Gasteiger partial charge is 0.256 e. The Labute approximate surface area is 170 Å². The average molecular weight is 408 g/mol. The van der Waals surface area contributed by atoms with Crippen molar-refractivity contribution in [2.45, 2.75) is 13.0 Å². The fraction of sp³-hybridized carbons (Fsp3) is 0.316. The second-order valence-electron chi connectivity index (χ2n) is 6.50. The maximum Gasteiger partial charge on any atom is 0.256 e. The average Bonchev–Trinajstić information content (AvgIpc) is 3.07. The molecule has 1 atom stereocenters. The molecular weight excluding hydrogens is 385 g/mol. The molecule has 0 bridgehead atoms. The van der Waals surface area contributed by atoms with Gasteiger partial charge in [-0.3, -0.25) is 14.5 Å². The van der Waals surface area contributed by atoms with Gasteiger partial charge in [0, 0.05) is 49.5 Å². The lowest BCUT2D eigenvalue weighted by atomic mass is 10.0. The first-order valence-electron chi connectivity index (χ1n) is 8.50. The predicted octanol–water partition coefficient (Wildman–Crippen LogP) is 2.91. The van der Waals surface area contributed by atoms with Crippen molar-refractivity contribution in [3.8, 4) is 0 Å². The highest BCUT2D eigenvalue weighted by molar-refractivity contribution is 6.05. The standard InChI is InChI=1S/C19H21N5O.2ClH/c1-13-6-7-14-4-3-5-16(18(14)22-13)19(25)24-9-8-20-11-17(24)15-10-21-23(2)12-15;;/h3-7,10,12,17,20H,8-9,11H2,1-2H3;2*1H. The Bertz CT molecular complexity index is 943. The molecule has 1 aliphatic heterocycles. The lowest BCUT2D eigenvalue weighted by molar-refractivity contribution is 0.0636. The van der Waals surface area contributed by atoms with Gasteiger partial charge in [0.25, 0.3) is 5.91 Å². The molecule has 0 saturated carbocycles. The second kappa shape index (κ2) is 8.69. The fourth-order valence-corrected chi connectivity index (χ4v) is 3.43. The van der Waals surface area contributed by atoms with E-state index in [2.05, 4.69) is 15.4 Å². The zero-order chi connectivity index (χ0) is 17.4. The largest absolute Gasteiger partial charge is 0.329 e. The molecule has 0 aliphatic carbocycles. The maximum atomic E-state index is 13.3. The van der Waals surface area contributed by atoms with Crippen molar-refractivity contribution in [2.75, 3.05) is 19.6 Å². The van der Waals surface area contributed by atoms with E-state index in [1.165, 1.54) is 0 Å². The third kappa shape index (κ3) is 4.08. The van der Waals surface area contributed by atoms with Gasteiger partial charge in [-0.05, 0) is 19.1 Å². The number of rotatable bonds is 2. The van der Waals surface area contributed by atoms with Crippen LogP contribution in [-0.2, 0) is 7.05 Å². The van der Waals surface area contributed by atoms with E-state index in [1.807, 2.05) is 61.6 Å². The SMILES string of the molecule is Cc1ccc2cccc(C(=O)N3CCNCC3c3cnn(C)c3)c2n1.Cl.Cl. The number of amides is 1. The summed E-state index contributed by atoms with van der Waals surface area (Å²) < 4.78 is 1.77. The lowest BCUT2D eigenvalue weighted by Gasteiger charge is -2.36. The van der Waals surface area contributed by atoms with Crippen LogP contribution in [0.1, 0.15) is 27.7 Å². The Morgan fingerprint density at radius 2 is 2.04 bits per heavy atom.